The molecule has 0 unspecified atom stereocenters. The van der Waals surface area contributed by atoms with Gasteiger partial charge in [-0.25, -0.2) is 0 Å². The lowest BCUT2D eigenvalue weighted by Crippen LogP contribution is -2.33. The van der Waals surface area contributed by atoms with Crippen LogP contribution in [0.4, 0.5) is 0 Å². The van der Waals surface area contributed by atoms with E-state index in [2.05, 4.69) is 9.98 Å². The lowest BCUT2D eigenvalue weighted by Gasteiger charge is -2.24. The van der Waals surface area contributed by atoms with Gasteiger partial charge in [-0.05, 0) is 54.5 Å². The van der Waals surface area contributed by atoms with Crippen LogP contribution < -0.4 is 5.90 Å². The number of halogens is 2. The monoisotopic (exact) mass is 416 g/mol. The minimum atomic E-state index is 0.100. The van der Waals surface area contributed by atoms with Crippen molar-refractivity contribution in [1.29, 1.82) is 0 Å². The Hall–Kier alpha value is -0.620. The number of nitrogens with zero attached hydrogens (tertiary/aromatic N) is 3. The minimum absolute atomic E-state index is 0.100. The van der Waals surface area contributed by atoms with Crippen molar-refractivity contribution in [2.45, 2.75) is 103 Å². The van der Waals surface area contributed by atoms with Crippen molar-refractivity contribution in [3.8, 4) is 0 Å². The predicted octanol–water partition coefficient (Wildman–Crippen LogP) is 6.76. The second-order valence-corrected chi connectivity index (χ2v) is 8.21. The van der Waals surface area contributed by atoms with Gasteiger partial charge in [-0.2, -0.15) is 25.9 Å². The van der Waals surface area contributed by atoms with E-state index in [1.807, 2.05) is 0 Å². The van der Waals surface area contributed by atoms with E-state index in [0.29, 0.717) is 5.82 Å². The van der Waals surface area contributed by atoms with Crippen LogP contribution >= 0.6 is 23.2 Å². The number of hydrogen-bond donors (Lipinski definition) is 1. The number of allylic oxidation sites excluding steroid dienone is 1. The molecule has 7 heteroatoms. The van der Waals surface area contributed by atoms with Crippen molar-refractivity contribution in [2.24, 2.45) is 15.9 Å². The summed E-state index contributed by atoms with van der Waals surface area (Å²) in [7, 11) is 0. The van der Waals surface area contributed by atoms with Gasteiger partial charge < -0.3 is 0 Å². The molecule has 2 aliphatic rings. The molecule has 0 amide bonds. The minimum Gasteiger partial charge on any atom is -0.198 e. The van der Waals surface area contributed by atoms with Crippen LogP contribution in [0.2, 0.25) is 0 Å². The van der Waals surface area contributed by atoms with Gasteiger partial charge in [-0.1, -0.05) is 77.0 Å². The van der Waals surface area contributed by atoms with Crippen molar-refractivity contribution >= 4 is 33.8 Å². The molecular formula is C20H34Cl2N4O. The Labute approximate surface area is 173 Å². The Morgan fingerprint density at radius 3 is 1.48 bits per heavy atom. The van der Waals surface area contributed by atoms with Gasteiger partial charge in [-0.3, -0.25) is 0 Å². The van der Waals surface area contributed by atoms with E-state index < -0.39 is 0 Å². The lowest BCUT2D eigenvalue weighted by molar-refractivity contribution is -0.0752. The number of rotatable bonds is 1. The van der Waals surface area contributed by atoms with E-state index in [-0.39, 0.29) is 10.6 Å². The maximum Gasteiger partial charge on any atom is 0.233 e. The fourth-order valence-electron chi connectivity index (χ4n) is 3.83. The highest BCUT2D eigenvalue weighted by molar-refractivity contribution is 6.71. The fourth-order valence-corrected chi connectivity index (χ4v) is 4.23. The first kappa shape index (κ1) is 22.7. The standard InChI is InChI=1S/C20H34Cl2N4O/c21-19-24-18(26(27-23)20(22)25-19)17-15-13-11-9-7-5-3-1-2-4-6-8-10-12-14-16-17/h1-16,23H2. The number of hydrogen-bond acceptors (Lipinski definition) is 5. The maximum absolute atomic E-state index is 6.13. The van der Waals surface area contributed by atoms with Gasteiger partial charge >= 0.3 is 0 Å². The second-order valence-electron chi connectivity index (χ2n) is 7.54. The number of hydroxylamine groups is 2. The van der Waals surface area contributed by atoms with Crippen molar-refractivity contribution in [3.63, 3.8) is 0 Å². The quantitative estimate of drug-likeness (QED) is 0.378. The van der Waals surface area contributed by atoms with Crippen LogP contribution in [0.1, 0.15) is 103 Å². The third kappa shape index (κ3) is 8.51. The predicted molar refractivity (Wildman–Crippen MR) is 115 cm³/mol. The highest BCUT2D eigenvalue weighted by Crippen LogP contribution is 2.28. The van der Waals surface area contributed by atoms with Crippen molar-refractivity contribution in [1.82, 2.24) is 5.06 Å². The third-order valence-electron chi connectivity index (χ3n) is 5.37. The highest BCUT2D eigenvalue weighted by atomic mass is 35.5. The van der Waals surface area contributed by atoms with E-state index in [4.69, 9.17) is 34.0 Å². The molecule has 27 heavy (non-hydrogen) atoms. The van der Waals surface area contributed by atoms with Gasteiger partial charge in [0.25, 0.3) is 0 Å². The van der Waals surface area contributed by atoms with Crippen LogP contribution in [0.3, 0.4) is 0 Å². The number of amidine groups is 2. The van der Waals surface area contributed by atoms with Crippen LogP contribution in [-0.4, -0.2) is 15.7 Å². The first-order valence-electron chi connectivity index (χ1n) is 10.6. The van der Waals surface area contributed by atoms with Crippen LogP contribution in [0, 0.1) is 0 Å². The summed E-state index contributed by atoms with van der Waals surface area (Å²) in [6.07, 6.45) is 20.3. The van der Waals surface area contributed by atoms with Crippen LogP contribution in [-0.2, 0) is 4.94 Å². The molecule has 0 aromatic carbocycles. The first-order chi connectivity index (χ1) is 13.2. The largest absolute Gasteiger partial charge is 0.233 e. The van der Waals surface area contributed by atoms with E-state index in [1.165, 1.54) is 87.7 Å². The Morgan fingerprint density at radius 1 is 0.667 bits per heavy atom. The number of nitrogens with two attached hydrogens (primary N) is 1. The SMILES string of the molecule is NON1C(Cl)=NC(Cl)=NC1=C1CCCCCCCCCCCCCCCC1. The van der Waals surface area contributed by atoms with E-state index in [0.717, 1.165) is 25.7 Å². The van der Waals surface area contributed by atoms with E-state index in [1.54, 1.807) is 0 Å². The van der Waals surface area contributed by atoms with E-state index >= 15 is 0 Å². The van der Waals surface area contributed by atoms with Crippen molar-refractivity contribution in [3.05, 3.63) is 11.4 Å². The summed E-state index contributed by atoms with van der Waals surface area (Å²) < 4.78 is 0. The molecule has 2 N–H and O–H groups in total. The summed E-state index contributed by atoms with van der Waals surface area (Å²) >= 11 is 12.2. The molecule has 1 aliphatic heterocycles. The average molecular weight is 417 g/mol. The highest BCUT2D eigenvalue weighted by Gasteiger charge is 2.24. The zero-order chi connectivity index (χ0) is 19.3. The zero-order valence-electron chi connectivity index (χ0n) is 16.4. The Kier molecular flexibility index (Phi) is 11.4. The molecule has 0 aromatic heterocycles. The second kappa shape index (κ2) is 13.5. The summed E-state index contributed by atoms with van der Waals surface area (Å²) in [4.78, 5) is 13.2. The summed E-state index contributed by atoms with van der Waals surface area (Å²) in [6.45, 7) is 0. The molecular weight excluding hydrogens is 383 g/mol. The molecule has 0 aromatic rings. The third-order valence-corrected chi connectivity index (χ3v) is 5.78. The fraction of sp³-hybridized carbons (Fsp3) is 0.800. The van der Waals surface area contributed by atoms with Crippen molar-refractivity contribution < 1.29 is 4.94 Å². The summed E-state index contributed by atoms with van der Waals surface area (Å²) in [5, 5.41) is 1.51. The maximum atomic E-state index is 6.13. The molecule has 1 heterocycles. The molecule has 0 atom stereocenters. The van der Waals surface area contributed by atoms with Gasteiger partial charge in [0.2, 0.25) is 10.6 Å². The molecule has 1 aliphatic carbocycles. The normalized spacial score (nSPS) is 22.9. The first-order valence-corrected chi connectivity index (χ1v) is 11.4. The van der Waals surface area contributed by atoms with Crippen molar-refractivity contribution in [2.75, 3.05) is 0 Å². The lowest BCUT2D eigenvalue weighted by atomic mass is 9.99. The van der Waals surface area contributed by atoms with Crippen LogP contribution in [0.5, 0.6) is 0 Å². The van der Waals surface area contributed by atoms with Gasteiger partial charge in [0.1, 0.15) is 0 Å². The number of aliphatic imine (C=N–C) groups is 2. The average Bonchev–Trinajstić information content (AvgIpc) is 2.65. The summed E-state index contributed by atoms with van der Waals surface area (Å²) in [6, 6.07) is 0. The molecule has 1 saturated carbocycles. The topological polar surface area (TPSA) is 63.2 Å². The summed E-state index contributed by atoms with van der Waals surface area (Å²) in [5.74, 6) is 6.02. The molecule has 0 spiro atoms. The van der Waals surface area contributed by atoms with Gasteiger partial charge in [0, 0.05) is 0 Å². The smallest absolute Gasteiger partial charge is 0.198 e. The zero-order valence-corrected chi connectivity index (χ0v) is 17.9. The Balaban J connectivity index is 2.03. The molecule has 2 rings (SSSR count). The molecule has 0 radical (unpaired) electrons. The van der Waals surface area contributed by atoms with Crippen LogP contribution in [0.15, 0.2) is 21.4 Å². The Bertz CT molecular complexity index is 514. The molecule has 1 fully saturated rings. The van der Waals surface area contributed by atoms with Gasteiger partial charge in [0.05, 0.1) is 0 Å². The van der Waals surface area contributed by atoms with Crippen LogP contribution in [0.25, 0.3) is 0 Å². The van der Waals surface area contributed by atoms with Gasteiger partial charge in [-0.15, -0.1) is 0 Å². The molecule has 154 valence electrons. The molecule has 5 nitrogen and oxygen atoms in total. The molecule has 0 saturated heterocycles. The summed E-state index contributed by atoms with van der Waals surface area (Å²) in [5.41, 5.74) is 1.20. The van der Waals surface area contributed by atoms with Gasteiger partial charge in [0.15, 0.2) is 5.82 Å². The van der Waals surface area contributed by atoms with E-state index in [9.17, 15) is 0 Å². The Morgan fingerprint density at radius 2 is 1.07 bits per heavy atom. The molecule has 0 bridgehead atoms.